The number of aryl methyl sites for hydroxylation is 1. The van der Waals surface area contributed by atoms with Gasteiger partial charge in [0, 0.05) is 10.6 Å². The number of hydroxylamine groups is 2. The maximum Gasteiger partial charge on any atom is 0.339 e. The number of amides is 2. The van der Waals surface area contributed by atoms with Crippen LogP contribution in [0.5, 0.6) is 5.75 Å². The predicted octanol–water partition coefficient (Wildman–Crippen LogP) is 4.62. The van der Waals surface area contributed by atoms with Crippen molar-refractivity contribution in [1.29, 1.82) is 0 Å². The molecule has 0 aromatic heterocycles. The molecule has 0 saturated carbocycles. The first-order chi connectivity index (χ1) is 11.3. The third-order valence-corrected chi connectivity index (χ3v) is 4.27. The van der Waals surface area contributed by atoms with Crippen LogP contribution in [0.25, 0.3) is 0 Å². The highest BCUT2D eigenvalue weighted by molar-refractivity contribution is 6.31. The first-order valence-electron chi connectivity index (χ1n) is 7.60. The normalized spacial score (nSPS) is 13.2. The van der Waals surface area contributed by atoms with Gasteiger partial charge in [0.05, 0.1) is 6.04 Å². The van der Waals surface area contributed by atoms with Gasteiger partial charge in [0.1, 0.15) is 11.9 Å². The minimum Gasteiger partial charge on any atom is -0.486 e. The number of primary amides is 1. The van der Waals surface area contributed by atoms with Gasteiger partial charge >= 0.3 is 6.03 Å². The van der Waals surface area contributed by atoms with E-state index in [4.69, 9.17) is 22.1 Å². The van der Waals surface area contributed by atoms with Crippen molar-refractivity contribution in [2.75, 3.05) is 0 Å². The average Bonchev–Trinajstić information content (AvgIpc) is 2.55. The number of benzene rings is 2. The molecule has 0 fully saturated rings. The van der Waals surface area contributed by atoms with Crippen LogP contribution in [0.15, 0.2) is 42.5 Å². The molecule has 2 rings (SSSR count). The molecular formula is C18H21ClN2O3. The second kappa shape index (κ2) is 7.55. The molecule has 0 aliphatic heterocycles. The summed E-state index contributed by atoms with van der Waals surface area (Å²) in [6, 6.07) is 11.6. The lowest BCUT2D eigenvalue weighted by molar-refractivity contribution is -0.0710. The zero-order valence-corrected chi connectivity index (χ0v) is 14.6. The average molecular weight is 349 g/mol. The molecule has 2 atom stereocenters. The number of urea groups is 1. The number of hydrogen-bond donors (Lipinski definition) is 2. The van der Waals surface area contributed by atoms with Crippen molar-refractivity contribution in [3.05, 3.63) is 64.2 Å². The standard InChI is InChI=1S/C18H21ClN2O3/c1-11-10-14(12(2)21(23)18(20)22)8-9-17(11)24-13(3)15-6-4-5-7-16(15)19/h4-10,12-13,23H,1-3H3,(H2,20,22). The molecule has 0 bridgehead atoms. The number of nitrogens with two attached hydrogens (primary N) is 1. The quantitative estimate of drug-likeness (QED) is 0.611. The fraction of sp³-hybridized carbons (Fsp3) is 0.278. The Morgan fingerprint density at radius 3 is 2.50 bits per heavy atom. The van der Waals surface area contributed by atoms with Crippen LogP contribution >= 0.6 is 11.6 Å². The second-order valence-electron chi connectivity index (χ2n) is 5.67. The summed E-state index contributed by atoms with van der Waals surface area (Å²) in [6.07, 6.45) is -0.208. The van der Waals surface area contributed by atoms with Gasteiger partial charge in [-0.25, -0.2) is 4.79 Å². The van der Waals surface area contributed by atoms with Gasteiger partial charge in [-0.05, 0) is 44.0 Å². The summed E-state index contributed by atoms with van der Waals surface area (Å²) in [4.78, 5) is 11.1. The Labute approximate surface area is 146 Å². The minimum atomic E-state index is -0.896. The molecule has 0 saturated heterocycles. The molecule has 0 spiro atoms. The summed E-state index contributed by atoms with van der Waals surface area (Å²) in [5.41, 5.74) is 7.64. The highest BCUT2D eigenvalue weighted by atomic mass is 35.5. The lowest BCUT2D eigenvalue weighted by Gasteiger charge is -2.22. The number of halogens is 1. The molecular weight excluding hydrogens is 328 g/mol. The Balaban J connectivity index is 2.18. The molecule has 24 heavy (non-hydrogen) atoms. The second-order valence-corrected chi connectivity index (χ2v) is 6.07. The first kappa shape index (κ1) is 18.1. The largest absolute Gasteiger partial charge is 0.486 e. The van der Waals surface area contributed by atoms with Gasteiger partial charge in [-0.2, -0.15) is 5.06 Å². The van der Waals surface area contributed by atoms with Gasteiger partial charge in [0.2, 0.25) is 0 Å². The first-order valence-corrected chi connectivity index (χ1v) is 7.98. The molecule has 2 aromatic rings. The highest BCUT2D eigenvalue weighted by Gasteiger charge is 2.18. The number of hydrogen-bond acceptors (Lipinski definition) is 3. The maximum atomic E-state index is 11.1. The van der Waals surface area contributed by atoms with Crippen molar-refractivity contribution >= 4 is 17.6 Å². The molecule has 2 aromatic carbocycles. The zero-order chi connectivity index (χ0) is 17.9. The van der Waals surface area contributed by atoms with Crippen molar-refractivity contribution in [2.24, 2.45) is 5.73 Å². The Kier molecular flexibility index (Phi) is 5.70. The Morgan fingerprint density at radius 2 is 1.92 bits per heavy atom. The predicted molar refractivity (Wildman–Crippen MR) is 93.3 cm³/mol. The molecule has 128 valence electrons. The topological polar surface area (TPSA) is 75.8 Å². The van der Waals surface area contributed by atoms with Crippen LogP contribution in [-0.2, 0) is 0 Å². The Morgan fingerprint density at radius 1 is 1.25 bits per heavy atom. The van der Waals surface area contributed by atoms with Crippen LogP contribution < -0.4 is 10.5 Å². The summed E-state index contributed by atoms with van der Waals surface area (Å²) in [5.74, 6) is 0.710. The van der Waals surface area contributed by atoms with E-state index in [1.807, 2.05) is 50.2 Å². The molecule has 2 unspecified atom stereocenters. The minimum absolute atomic E-state index is 0.208. The maximum absolute atomic E-state index is 11.1. The molecule has 6 heteroatoms. The van der Waals surface area contributed by atoms with E-state index in [1.165, 1.54) is 0 Å². The number of rotatable bonds is 5. The van der Waals surface area contributed by atoms with Gasteiger partial charge in [0.15, 0.2) is 0 Å². The highest BCUT2D eigenvalue weighted by Crippen LogP contribution is 2.31. The number of nitrogens with zero attached hydrogens (tertiary/aromatic N) is 1. The van der Waals surface area contributed by atoms with Gasteiger partial charge in [-0.1, -0.05) is 41.9 Å². The van der Waals surface area contributed by atoms with E-state index in [0.29, 0.717) is 15.8 Å². The van der Waals surface area contributed by atoms with Gasteiger partial charge < -0.3 is 10.5 Å². The third kappa shape index (κ3) is 3.99. The van der Waals surface area contributed by atoms with Crippen LogP contribution in [0.2, 0.25) is 5.02 Å². The molecule has 0 radical (unpaired) electrons. The van der Waals surface area contributed by atoms with Crippen molar-refractivity contribution in [3.63, 3.8) is 0 Å². The van der Waals surface area contributed by atoms with Crippen LogP contribution in [0.3, 0.4) is 0 Å². The van der Waals surface area contributed by atoms with Crippen LogP contribution in [0, 0.1) is 6.92 Å². The number of ether oxygens (including phenoxy) is 1. The summed E-state index contributed by atoms with van der Waals surface area (Å²) in [5, 5.41) is 10.8. The Hall–Kier alpha value is -2.24. The van der Waals surface area contributed by atoms with E-state index in [2.05, 4.69) is 0 Å². The van der Waals surface area contributed by atoms with Crippen LogP contribution in [0.4, 0.5) is 4.79 Å². The van der Waals surface area contributed by atoms with E-state index in [0.717, 1.165) is 16.7 Å². The molecule has 0 heterocycles. The van der Waals surface area contributed by atoms with Gasteiger partial charge in [-0.15, -0.1) is 0 Å². The SMILES string of the molecule is Cc1cc(C(C)N(O)C(N)=O)ccc1OC(C)c1ccccc1Cl. The lowest BCUT2D eigenvalue weighted by Crippen LogP contribution is -2.34. The fourth-order valence-corrected chi connectivity index (χ4v) is 2.74. The van der Waals surface area contributed by atoms with Crippen LogP contribution in [0.1, 0.15) is 42.7 Å². The summed E-state index contributed by atoms with van der Waals surface area (Å²) < 4.78 is 6.00. The summed E-state index contributed by atoms with van der Waals surface area (Å²) in [6.45, 7) is 5.52. The van der Waals surface area contributed by atoms with E-state index >= 15 is 0 Å². The fourth-order valence-electron chi connectivity index (χ4n) is 2.46. The third-order valence-electron chi connectivity index (χ3n) is 3.92. The van der Waals surface area contributed by atoms with Gasteiger partial charge in [-0.3, -0.25) is 5.21 Å². The summed E-state index contributed by atoms with van der Waals surface area (Å²) >= 11 is 6.20. The molecule has 2 amide bonds. The van der Waals surface area contributed by atoms with Crippen LogP contribution in [-0.4, -0.2) is 16.3 Å². The van der Waals surface area contributed by atoms with Crippen molar-refractivity contribution < 1.29 is 14.7 Å². The van der Waals surface area contributed by atoms with Crippen molar-refractivity contribution in [1.82, 2.24) is 5.06 Å². The van der Waals surface area contributed by atoms with E-state index < -0.39 is 12.1 Å². The molecule has 0 aliphatic rings. The lowest BCUT2D eigenvalue weighted by atomic mass is 10.0. The Bertz CT molecular complexity index is 736. The van der Waals surface area contributed by atoms with E-state index in [1.54, 1.807) is 13.0 Å². The van der Waals surface area contributed by atoms with Crippen molar-refractivity contribution in [2.45, 2.75) is 32.9 Å². The summed E-state index contributed by atoms with van der Waals surface area (Å²) in [7, 11) is 0. The van der Waals surface area contributed by atoms with E-state index in [9.17, 15) is 10.0 Å². The monoisotopic (exact) mass is 348 g/mol. The van der Waals surface area contributed by atoms with Crippen molar-refractivity contribution in [3.8, 4) is 5.75 Å². The molecule has 0 aliphatic carbocycles. The smallest absolute Gasteiger partial charge is 0.339 e. The number of carbonyl (C=O) groups excluding carboxylic acids is 1. The van der Waals surface area contributed by atoms with Gasteiger partial charge in [0.25, 0.3) is 0 Å². The number of carbonyl (C=O) groups is 1. The molecule has 5 nitrogen and oxygen atoms in total. The molecule has 3 N–H and O–H groups in total. The van der Waals surface area contributed by atoms with E-state index in [-0.39, 0.29) is 6.10 Å². The zero-order valence-electron chi connectivity index (χ0n) is 13.9.